The molecule has 1 saturated heterocycles. The summed E-state index contributed by atoms with van der Waals surface area (Å²) in [6.45, 7) is 13.0. The van der Waals surface area contributed by atoms with Crippen LogP contribution < -0.4 is 5.32 Å². The predicted octanol–water partition coefficient (Wildman–Crippen LogP) is 3.80. The van der Waals surface area contributed by atoms with Gasteiger partial charge in [-0.1, -0.05) is 26.7 Å². The molecule has 21 heavy (non-hydrogen) atoms. The summed E-state index contributed by atoms with van der Waals surface area (Å²) >= 11 is 0. The fraction of sp³-hybridized carbons (Fsp3) is 0.941. The summed E-state index contributed by atoms with van der Waals surface area (Å²) in [6.07, 6.45) is 5.77. The van der Waals surface area contributed by atoms with Gasteiger partial charge in [-0.15, -0.1) is 0 Å². The van der Waals surface area contributed by atoms with Crippen LogP contribution >= 0.6 is 0 Å². The number of hydrogen-bond acceptors (Lipinski definition) is 3. The molecular weight excluding hydrogens is 264 g/mol. The Morgan fingerprint density at radius 2 is 1.86 bits per heavy atom. The zero-order chi connectivity index (χ0) is 15.9. The van der Waals surface area contributed by atoms with E-state index in [4.69, 9.17) is 4.74 Å². The SMILES string of the molecule is CC(C)CCCCNC1CCN(C(=O)OC(C)(C)C)CC1. The standard InChI is InChI=1S/C17H34N2O2/c1-14(2)8-6-7-11-18-15-9-12-19(13-10-15)16(20)21-17(3,4)5/h14-15,18H,6-13H2,1-5H3. The molecule has 1 amide bonds. The van der Waals surface area contributed by atoms with Gasteiger partial charge in [-0.25, -0.2) is 4.79 Å². The Morgan fingerprint density at radius 1 is 1.24 bits per heavy atom. The first-order valence-electron chi connectivity index (χ1n) is 8.49. The molecule has 1 aliphatic rings. The van der Waals surface area contributed by atoms with E-state index in [-0.39, 0.29) is 6.09 Å². The van der Waals surface area contributed by atoms with Crippen LogP contribution in [0.1, 0.15) is 66.7 Å². The second-order valence-electron chi connectivity index (χ2n) is 7.59. The summed E-state index contributed by atoms with van der Waals surface area (Å²) in [7, 11) is 0. The fourth-order valence-electron chi connectivity index (χ4n) is 2.58. The molecule has 0 saturated carbocycles. The zero-order valence-electron chi connectivity index (χ0n) is 14.6. The van der Waals surface area contributed by atoms with Gasteiger partial charge < -0.3 is 15.0 Å². The van der Waals surface area contributed by atoms with Crippen LogP contribution in [0.2, 0.25) is 0 Å². The van der Waals surface area contributed by atoms with E-state index in [1.807, 2.05) is 25.7 Å². The highest BCUT2D eigenvalue weighted by Gasteiger charge is 2.26. The van der Waals surface area contributed by atoms with Crippen LogP contribution in [0.15, 0.2) is 0 Å². The Kier molecular flexibility index (Phi) is 7.50. The minimum absolute atomic E-state index is 0.169. The molecule has 1 heterocycles. The van der Waals surface area contributed by atoms with Crippen LogP contribution in [-0.4, -0.2) is 42.3 Å². The van der Waals surface area contributed by atoms with Crippen molar-refractivity contribution in [2.24, 2.45) is 5.92 Å². The molecule has 0 spiro atoms. The summed E-state index contributed by atoms with van der Waals surface area (Å²) in [5, 5.41) is 3.62. The maximum absolute atomic E-state index is 12.0. The smallest absolute Gasteiger partial charge is 0.410 e. The average Bonchev–Trinajstić information content (AvgIpc) is 2.36. The van der Waals surface area contributed by atoms with E-state index in [2.05, 4.69) is 19.2 Å². The molecule has 0 bridgehead atoms. The van der Waals surface area contributed by atoms with E-state index in [0.717, 1.165) is 38.4 Å². The topological polar surface area (TPSA) is 41.6 Å². The molecule has 1 aliphatic heterocycles. The maximum Gasteiger partial charge on any atom is 0.410 e. The van der Waals surface area contributed by atoms with Gasteiger partial charge in [0.15, 0.2) is 0 Å². The normalized spacial score (nSPS) is 17.3. The Bertz CT molecular complexity index is 302. The molecule has 1 N–H and O–H groups in total. The second kappa shape index (κ2) is 8.62. The quantitative estimate of drug-likeness (QED) is 0.758. The first kappa shape index (κ1) is 18.3. The third-order valence-corrected chi connectivity index (χ3v) is 3.79. The van der Waals surface area contributed by atoms with E-state index in [0.29, 0.717) is 6.04 Å². The maximum atomic E-state index is 12.0. The van der Waals surface area contributed by atoms with Crippen molar-refractivity contribution < 1.29 is 9.53 Å². The molecule has 0 atom stereocenters. The van der Waals surface area contributed by atoms with Gasteiger partial charge in [-0.2, -0.15) is 0 Å². The lowest BCUT2D eigenvalue weighted by atomic mass is 10.0. The minimum Gasteiger partial charge on any atom is -0.444 e. The lowest BCUT2D eigenvalue weighted by Crippen LogP contribution is -2.46. The molecule has 4 heteroatoms. The van der Waals surface area contributed by atoms with E-state index in [1.54, 1.807) is 0 Å². The molecule has 0 aromatic heterocycles. The van der Waals surface area contributed by atoms with Gasteiger partial charge in [-0.05, 0) is 52.5 Å². The van der Waals surface area contributed by atoms with Gasteiger partial charge in [0.25, 0.3) is 0 Å². The predicted molar refractivity (Wildman–Crippen MR) is 87.5 cm³/mol. The molecular formula is C17H34N2O2. The van der Waals surface area contributed by atoms with E-state index in [9.17, 15) is 4.79 Å². The van der Waals surface area contributed by atoms with E-state index >= 15 is 0 Å². The third-order valence-electron chi connectivity index (χ3n) is 3.79. The lowest BCUT2D eigenvalue weighted by molar-refractivity contribution is 0.0198. The minimum atomic E-state index is -0.400. The van der Waals surface area contributed by atoms with Crippen molar-refractivity contribution in [3.05, 3.63) is 0 Å². The van der Waals surface area contributed by atoms with Gasteiger partial charge in [0.2, 0.25) is 0 Å². The Morgan fingerprint density at radius 3 is 2.38 bits per heavy atom. The molecule has 1 fully saturated rings. The highest BCUT2D eigenvalue weighted by Crippen LogP contribution is 2.15. The molecule has 0 radical (unpaired) electrons. The first-order valence-corrected chi connectivity index (χ1v) is 8.49. The van der Waals surface area contributed by atoms with E-state index < -0.39 is 5.60 Å². The van der Waals surface area contributed by atoms with Crippen molar-refractivity contribution in [3.63, 3.8) is 0 Å². The second-order valence-corrected chi connectivity index (χ2v) is 7.59. The van der Waals surface area contributed by atoms with E-state index in [1.165, 1.54) is 19.3 Å². The van der Waals surface area contributed by atoms with Crippen molar-refractivity contribution in [1.82, 2.24) is 10.2 Å². The number of amides is 1. The highest BCUT2D eigenvalue weighted by atomic mass is 16.6. The zero-order valence-corrected chi connectivity index (χ0v) is 14.6. The van der Waals surface area contributed by atoms with Crippen LogP contribution in [0, 0.1) is 5.92 Å². The monoisotopic (exact) mass is 298 g/mol. The number of rotatable bonds is 6. The summed E-state index contributed by atoms with van der Waals surface area (Å²) in [5.74, 6) is 0.807. The molecule has 0 aromatic rings. The summed E-state index contributed by atoms with van der Waals surface area (Å²) in [5.41, 5.74) is -0.400. The number of ether oxygens (including phenoxy) is 1. The van der Waals surface area contributed by atoms with Gasteiger partial charge in [0.05, 0.1) is 0 Å². The molecule has 0 unspecified atom stereocenters. The van der Waals surface area contributed by atoms with Gasteiger partial charge in [-0.3, -0.25) is 0 Å². The average molecular weight is 298 g/mol. The summed E-state index contributed by atoms with van der Waals surface area (Å²) in [4.78, 5) is 13.8. The molecule has 0 aliphatic carbocycles. The third kappa shape index (κ3) is 8.30. The molecule has 4 nitrogen and oxygen atoms in total. The van der Waals surface area contributed by atoms with Crippen molar-refractivity contribution in [2.45, 2.75) is 78.4 Å². The number of likely N-dealkylation sites (tertiary alicyclic amines) is 1. The fourth-order valence-corrected chi connectivity index (χ4v) is 2.58. The first-order chi connectivity index (χ1) is 9.78. The number of nitrogens with zero attached hydrogens (tertiary/aromatic N) is 1. The van der Waals surface area contributed by atoms with Gasteiger partial charge in [0.1, 0.15) is 5.60 Å². The number of piperidine rings is 1. The lowest BCUT2D eigenvalue weighted by Gasteiger charge is -2.33. The largest absolute Gasteiger partial charge is 0.444 e. The Labute approximate surface area is 130 Å². The number of hydrogen-bond donors (Lipinski definition) is 1. The molecule has 0 aromatic carbocycles. The van der Waals surface area contributed by atoms with Crippen LogP contribution in [0.4, 0.5) is 4.79 Å². The summed E-state index contributed by atoms with van der Waals surface area (Å²) < 4.78 is 5.41. The van der Waals surface area contributed by atoms with Crippen molar-refractivity contribution in [2.75, 3.05) is 19.6 Å². The van der Waals surface area contributed by atoms with Crippen LogP contribution in [0.5, 0.6) is 0 Å². The van der Waals surface area contributed by atoms with Crippen LogP contribution in [-0.2, 0) is 4.74 Å². The Hall–Kier alpha value is -0.770. The number of carbonyl (C=O) groups is 1. The number of nitrogens with one attached hydrogen (secondary N) is 1. The molecule has 124 valence electrons. The highest BCUT2D eigenvalue weighted by molar-refractivity contribution is 5.68. The van der Waals surface area contributed by atoms with Crippen molar-refractivity contribution >= 4 is 6.09 Å². The van der Waals surface area contributed by atoms with Crippen LogP contribution in [0.3, 0.4) is 0 Å². The van der Waals surface area contributed by atoms with Gasteiger partial charge >= 0.3 is 6.09 Å². The number of unbranched alkanes of at least 4 members (excludes halogenated alkanes) is 1. The molecule has 1 rings (SSSR count). The summed E-state index contributed by atoms with van der Waals surface area (Å²) in [6, 6.07) is 0.558. The van der Waals surface area contributed by atoms with Gasteiger partial charge in [0, 0.05) is 19.1 Å². The Balaban J connectivity index is 2.13. The van der Waals surface area contributed by atoms with Crippen molar-refractivity contribution in [1.29, 1.82) is 0 Å². The van der Waals surface area contributed by atoms with Crippen molar-refractivity contribution in [3.8, 4) is 0 Å². The van der Waals surface area contributed by atoms with Crippen LogP contribution in [0.25, 0.3) is 0 Å². The number of carbonyl (C=O) groups excluding carboxylic acids is 1.